The summed E-state index contributed by atoms with van der Waals surface area (Å²) in [4.78, 5) is 10.6. The SMILES string of the molecule is C[C@@H](CO)NS(=O)(=O)c1ccc(Cl)c(C(=O)O)c1Cl. The van der Waals surface area contributed by atoms with E-state index in [1.54, 1.807) is 0 Å². The van der Waals surface area contributed by atoms with Gasteiger partial charge in [-0.1, -0.05) is 23.2 Å². The van der Waals surface area contributed by atoms with E-state index in [1.807, 2.05) is 0 Å². The summed E-state index contributed by atoms with van der Waals surface area (Å²) in [5.74, 6) is -1.43. The van der Waals surface area contributed by atoms with Crippen molar-refractivity contribution in [1.29, 1.82) is 0 Å². The van der Waals surface area contributed by atoms with Crippen molar-refractivity contribution in [3.63, 3.8) is 0 Å². The van der Waals surface area contributed by atoms with E-state index in [0.29, 0.717) is 0 Å². The highest BCUT2D eigenvalue weighted by molar-refractivity contribution is 7.89. The Morgan fingerprint density at radius 1 is 1.42 bits per heavy atom. The highest BCUT2D eigenvalue weighted by Crippen LogP contribution is 2.31. The van der Waals surface area contributed by atoms with Gasteiger partial charge in [0, 0.05) is 6.04 Å². The Balaban J connectivity index is 3.37. The van der Waals surface area contributed by atoms with E-state index >= 15 is 0 Å². The zero-order chi connectivity index (χ0) is 14.8. The fourth-order valence-corrected chi connectivity index (χ4v) is 3.46. The van der Waals surface area contributed by atoms with Crippen LogP contribution in [0.2, 0.25) is 10.0 Å². The van der Waals surface area contributed by atoms with E-state index in [-0.39, 0.29) is 5.02 Å². The maximum absolute atomic E-state index is 12.0. The van der Waals surface area contributed by atoms with Crippen LogP contribution in [0, 0.1) is 0 Å². The van der Waals surface area contributed by atoms with Crippen molar-refractivity contribution in [2.75, 3.05) is 6.61 Å². The van der Waals surface area contributed by atoms with Gasteiger partial charge < -0.3 is 10.2 Å². The topological polar surface area (TPSA) is 104 Å². The fourth-order valence-electron chi connectivity index (χ4n) is 1.30. The van der Waals surface area contributed by atoms with Crippen molar-refractivity contribution in [3.05, 3.63) is 27.7 Å². The van der Waals surface area contributed by atoms with Gasteiger partial charge in [-0.2, -0.15) is 0 Å². The lowest BCUT2D eigenvalue weighted by molar-refractivity contribution is 0.0697. The van der Waals surface area contributed by atoms with Gasteiger partial charge in [-0.25, -0.2) is 17.9 Å². The first-order valence-electron chi connectivity index (χ1n) is 5.05. The van der Waals surface area contributed by atoms with Gasteiger partial charge >= 0.3 is 5.97 Å². The molecule has 0 aliphatic rings. The van der Waals surface area contributed by atoms with Crippen molar-refractivity contribution in [3.8, 4) is 0 Å². The standard InChI is InChI=1S/C10H11Cl2NO5S/c1-5(4-14)13-19(17,18)7-3-2-6(11)8(9(7)12)10(15)16/h2-3,5,13-14H,4H2,1H3,(H,15,16)/t5-/m0/s1. The Hall–Kier alpha value is -0.860. The first-order chi connectivity index (χ1) is 8.70. The number of benzene rings is 1. The minimum atomic E-state index is -4.04. The van der Waals surface area contributed by atoms with Gasteiger partial charge in [-0.3, -0.25) is 0 Å². The molecule has 0 radical (unpaired) electrons. The van der Waals surface area contributed by atoms with Gasteiger partial charge in [0.05, 0.1) is 22.2 Å². The summed E-state index contributed by atoms with van der Waals surface area (Å²) in [5.41, 5.74) is -0.483. The smallest absolute Gasteiger partial charge is 0.338 e. The van der Waals surface area contributed by atoms with Crippen molar-refractivity contribution >= 4 is 39.2 Å². The van der Waals surface area contributed by atoms with Crippen LogP contribution in [0.4, 0.5) is 0 Å². The van der Waals surface area contributed by atoms with Crippen LogP contribution >= 0.6 is 23.2 Å². The van der Waals surface area contributed by atoms with Crippen LogP contribution < -0.4 is 4.72 Å². The number of carboxylic acids is 1. The number of aliphatic hydroxyl groups is 1. The molecule has 1 atom stereocenters. The molecule has 0 amide bonds. The van der Waals surface area contributed by atoms with Gasteiger partial charge in [0.2, 0.25) is 10.0 Å². The Labute approximate surface area is 120 Å². The molecule has 1 aromatic carbocycles. The third kappa shape index (κ3) is 3.58. The number of carboxylic acid groups (broad SMARTS) is 1. The first kappa shape index (κ1) is 16.2. The molecule has 3 N–H and O–H groups in total. The molecule has 1 rings (SSSR count). The van der Waals surface area contributed by atoms with Crippen LogP contribution in [0.1, 0.15) is 17.3 Å². The van der Waals surface area contributed by atoms with E-state index in [2.05, 4.69) is 4.72 Å². The number of carbonyl (C=O) groups is 1. The second-order valence-corrected chi connectivity index (χ2v) is 6.21. The molecule has 9 heteroatoms. The molecule has 6 nitrogen and oxygen atoms in total. The van der Waals surface area contributed by atoms with Gasteiger partial charge in [0.25, 0.3) is 0 Å². The lowest BCUT2D eigenvalue weighted by atomic mass is 10.2. The highest BCUT2D eigenvalue weighted by atomic mass is 35.5. The predicted octanol–water partition coefficient (Wildman–Crippen LogP) is 1.35. The van der Waals surface area contributed by atoms with Gasteiger partial charge in [0.15, 0.2) is 0 Å². The quantitative estimate of drug-likeness (QED) is 0.757. The number of aliphatic hydroxyl groups excluding tert-OH is 1. The summed E-state index contributed by atoms with van der Waals surface area (Å²) in [6.07, 6.45) is 0. The Bertz CT molecular complexity index is 602. The van der Waals surface area contributed by atoms with Crippen molar-refractivity contribution in [2.24, 2.45) is 0 Å². The molecule has 0 saturated heterocycles. The molecule has 19 heavy (non-hydrogen) atoms. The number of halogens is 2. The van der Waals surface area contributed by atoms with Crippen LogP contribution in [0.15, 0.2) is 17.0 Å². The number of aromatic carboxylic acids is 1. The maximum atomic E-state index is 12.0. The summed E-state index contributed by atoms with van der Waals surface area (Å²) in [6.45, 7) is 1.04. The highest BCUT2D eigenvalue weighted by Gasteiger charge is 2.25. The molecule has 0 spiro atoms. The van der Waals surface area contributed by atoms with E-state index in [9.17, 15) is 13.2 Å². The summed E-state index contributed by atoms with van der Waals surface area (Å²) in [5, 5.41) is 17.1. The number of nitrogens with one attached hydrogen (secondary N) is 1. The van der Waals surface area contributed by atoms with Gasteiger partial charge in [0.1, 0.15) is 4.90 Å². The van der Waals surface area contributed by atoms with Gasteiger partial charge in [-0.05, 0) is 19.1 Å². The Morgan fingerprint density at radius 2 is 2.00 bits per heavy atom. The molecule has 0 aliphatic heterocycles. The fraction of sp³-hybridized carbons (Fsp3) is 0.300. The molecule has 0 saturated carbocycles. The van der Waals surface area contributed by atoms with Crippen LogP contribution in [0.3, 0.4) is 0 Å². The normalized spacial score (nSPS) is 13.3. The van der Waals surface area contributed by atoms with Crippen LogP contribution in [-0.2, 0) is 10.0 Å². The van der Waals surface area contributed by atoms with Crippen LogP contribution in [-0.4, -0.2) is 37.2 Å². The number of rotatable bonds is 5. The van der Waals surface area contributed by atoms with Crippen molar-refractivity contribution in [2.45, 2.75) is 17.9 Å². The average molecular weight is 328 g/mol. The van der Waals surface area contributed by atoms with Crippen LogP contribution in [0.5, 0.6) is 0 Å². The molecule has 0 heterocycles. The van der Waals surface area contributed by atoms with Gasteiger partial charge in [-0.15, -0.1) is 0 Å². The minimum absolute atomic E-state index is 0.161. The number of sulfonamides is 1. The number of hydrogen-bond acceptors (Lipinski definition) is 4. The Morgan fingerprint density at radius 3 is 2.47 bits per heavy atom. The molecule has 106 valence electrons. The largest absolute Gasteiger partial charge is 0.478 e. The summed E-state index contributed by atoms with van der Waals surface area (Å²) < 4.78 is 26.1. The lowest BCUT2D eigenvalue weighted by Gasteiger charge is -2.14. The summed E-state index contributed by atoms with van der Waals surface area (Å²) in [7, 11) is -4.04. The second kappa shape index (κ2) is 6.06. The lowest BCUT2D eigenvalue weighted by Crippen LogP contribution is -2.35. The van der Waals surface area contributed by atoms with Crippen molar-refractivity contribution < 1.29 is 23.4 Å². The van der Waals surface area contributed by atoms with E-state index < -0.39 is 44.1 Å². The monoisotopic (exact) mass is 327 g/mol. The number of hydrogen-bond donors (Lipinski definition) is 3. The van der Waals surface area contributed by atoms with Crippen molar-refractivity contribution in [1.82, 2.24) is 4.72 Å². The molecule has 0 fully saturated rings. The van der Waals surface area contributed by atoms with E-state index in [0.717, 1.165) is 12.1 Å². The molecule has 1 aromatic rings. The summed E-state index contributed by atoms with van der Waals surface area (Å²) >= 11 is 11.4. The molecule has 0 bridgehead atoms. The third-order valence-corrected chi connectivity index (χ3v) is 4.64. The summed E-state index contributed by atoms with van der Waals surface area (Å²) in [6, 6.07) is 1.50. The Kier molecular flexibility index (Phi) is 5.17. The zero-order valence-electron chi connectivity index (χ0n) is 9.72. The van der Waals surface area contributed by atoms with E-state index in [1.165, 1.54) is 6.92 Å². The zero-order valence-corrected chi connectivity index (χ0v) is 12.1. The molecular weight excluding hydrogens is 317 g/mol. The first-order valence-corrected chi connectivity index (χ1v) is 7.29. The second-order valence-electron chi connectivity index (χ2n) is 3.74. The maximum Gasteiger partial charge on any atom is 0.338 e. The average Bonchev–Trinajstić information content (AvgIpc) is 2.27. The minimum Gasteiger partial charge on any atom is -0.478 e. The molecule has 0 aliphatic carbocycles. The van der Waals surface area contributed by atoms with E-state index in [4.69, 9.17) is 33.4 Å². The molecular formula is C10H11Cl2NO5S. The van der Waals surface area contributed by atoms with Crippen LogP contribution in [0.25, 0.3) is 0 Å². The molecule has 0 aromatic heterocycles. The third-order valence-electron chi connectivity index (χ3n) is 2.19. The predicted molar refractivity (Wildman–Crippen MR) is 70.3 cm³/mol. The molecule has 0 unspecified atom stereocenters.